The molecule has 12 heteroatoms. The maximum Gasteiger partial charge on any atom is 0.123 e. The van der Waals surface area contributed by atoms with Crippen molar-refractivity contribution in [2.75, 3.05) is 0 Å². The lowest BCUT2D eigenvalue weighted by molar-refractivity contribution is 1.41. The summed E-state index contributed by atoms with van der Waals surface area (Å²) in [6.45, 7) is 0. The van der Waals surface area contributed by atoms with E-state index in [4.69, 9.17) is 0 Å². The molecule has 0 N–H and O–H groups in total. The quantitative estimate of drug-likeness (QED) is 0.0797. The van der Waals surface area contributed by atoms with E-state index in [9.17, 15) is 0 Å². The topological polar surface area (TPSA) is 77.3 Å². The van der Waals surface area contributed by atoms with Crippen LogP contribution in [0.15, 0.2) is 421 Å². The number of hydrogen-bond acceptors (Lipinski definition) is 12. The first kappa shape index (κ1) is 75.7. The van der Waals surface area contributed by atoms with Gasteiger partial charge < -0.3 is 0 Å². The van der Waals surface area contributed by atoms with Gasteiger partial charge in [0.25, 0.3) is 0 Å². The molecule has 6 aromatic heterocycles. The summed E-state index contributed by atoms with van der Waals surface area (Å²) in [7, 11) is 0. The van der Waals surface area contributed by atoms with Crippen molar-refractivity contribution in [1.29, 1.82) is 0 Å². The first-order valence-electron chi connectivity index (χ1n) is 41.0. The predicted molar refractivity (Wildman–Crippen MR) is 532 cm³/mol. The second kappa shape index (κ2) is 33.5. The fourth-order valence-corrected chi connectivity index (χ4v) is 21.4. The van der Waals surface area contributed by atoms with E-state index in [1.165, 1.54) is 164 Å². The number of benzene rings is 18. The van der Waals surface area contributed by atoms with Gasteiger partial charge in [-0.2, -0.15) is 0 Å². The monoisotopic (exact) mass is 1690 g/mol. The highest BCUT2D eigenvalue weighted by atomic mass is 32.1. The number of rotatable bonds is 14. The lowest BCUT2D eigenvalue weighted by atomic mass is 9.84. The van der Waals surface area contributed by atoms with Crippen molar-refractivity contribution in [3.8, 4) is 152 Å². The van der Waals surface area contributed by atoms with Crippen LogP contribution in [-0.2, 0) is 0 Å². The average molecular weight is 1690 g/mol. The van der Waals surface area contributed by atoms with Crippen molar-refractivity contribution in [3.05, 3.63) is 421 Å². The van der Waals surface area contributed by atoms with Gasteiger partial charge in [0.2, 0.25) is 0 Å². The molecule has 0 saturated heterocycles. The molecule has 0 fully saturated rings. The molecule has 6 heterocycles. The van der Waals surface area contributed by atoms with Gasteiger partial charge in [-0.3, -0.25) is 0 Å². The van der Waals surface area contributed by atoms with E-state index < -0.39 is 0 Å². The second-order valence-electron chi connectivity index (χ2n) is 30.4. The number of aromatic nitrogens is 6. The van der Waals surface area contributed by atoms with Gasteiger partial charge in [-0.1, -0.05) is 322 Å². The van der Waals surface area contributed by atoms with Crippen LogP contribution in [0.4, 0.5) is 0 Å². The van der Waals surface area contributed by atoms with Gasteiger partial charge in [0.1, 0.15) is 30.0 Å². The lowest BCUT2D eigenvalue weighted by Gasteiger charge is -2.19. The van der Waals surface area contributed by atoms with Crippen molar-refractivity contribution in [1.82, 2.24) is 29.9 Å². The number of nitrogens with zero attached hydrogens (tertiary/aromatic N) is 6. The Kier molecular flexibility index (Phi) is 20.5. The van der Waals surface area contributed by atoms with E-state index in [0.717, 1.165) is 63.4 Å². The molecule has 0 aliphatic rings. The summed E-state index contributed by atoms with van der Waals surface area (Å²) in [6, 6.07) is 128. The van der Waals surface area contributed by atoms with E-state index in [2.05, 4.69) is 382 Å². The van der Waals surface area contributed by atoms with Gasteiger partial charge in [-0.25, -0.2) is 29.9 Å². The minimum atomic E-state index is 1.03. The Balaban J connectivity index is 0.000000111. The van der Waals surface area contributed by atoms with Crippen LogP contribution in [0.3, 0.4) is 0 Å². The first-order chi connectivity index (χ1) is 61.5. The number of thiazole rings is 6. The van der Waals surface area contributed by atoms with Gasteiger partial charge >= 0.3 is 0 Å². The van der Waals surface area contributed by atoms with Crippen LogP contribution < -0.4 is 0 Å². The zero-order chi connectivity index (χ0) is 82.2. The summed E-state index contributed by atoms with van der Waals surface area (Å²) in [5.74, 6) is 0. The highest BCUT2D eigenvalue weighted by Crippen LogP contribution is 2.49. The molecular formula is C112H70N6S6. The molecule has 0 spiro atoms. The number of hydrogen-bond donors (Lipinski definition) is 0. The molecule has 0 amide bonds. The van der Waals surface area contributed by atoms with Gasteiger partial charge in [0, 0.05) is 103 Å². The molecule has 0 unspecified atom stereocenters. The molecule has 0 saturated carbocycles. The fourth-order valence-electron chi connectivity index (χ4n) is 17.5. The van der Waals surface area contributed by atoms with E-state index in [-0.39, 0.29) is 0 Å². The standard InChI is InChI=1S/2C38H24N2S2.C36H22N2S2/c1-3-7-33-31(5-1)29(25-9-13-27(14-10-25)37-39-21-23-41-37)17-19-35(33)36-20-18-30(32-6-2-4-8-34(32)36)26-11-15-28(16-12-26)38-40-22-24-42-38;1-2-8-25(9-3-1)26-16-17-33-34(24-26)36(28-11-7-13-30(23-28)38-40-19-21-42-38)32-15-5-4-14-31(32)35(33)27-10-6-12-29(22-27)37-39-18-20-41-37;1-2-4-30-29(3-1)33-21-27(23-5-9-25(10-6-23)35-37-17-19-39-35)13-15-31(33)32-16-14-28(22-34(30)32)24-7-11-26(12-8-24)36-38-18-20-40-36/h2*1-24H;1-22H. The normalized spacial score (nSPS) is 11.4. The largest absolute Gasteiger partial charge is 0.245 e. The Morgan fingerprint density at radius 2 is 0.363 bits per heavy atom. The van der Waals surface area contributed by atoms with Crippen molar-refractivity contribution in [3.63, 3.8) is 0 Å². The summed E-state index contributed by atoms with van der Waals surface area (Å²) in [5, 5.41) is 36.1. The molecule has 0 bridgehead atoms. The van der Waals surface area contributed by atoms with Crippen molar-refractivity contribution >= 4 is 143 Å². The third-order valence-electron chi connectivity index (χ3n) is 23.3. The molecule has 124 heavy (non-hydrogen) atoms. The van der Waals surface area contributed by atoms with Crippen molar-refractivity contribution in [2.24, 2.45) is 0 Å². The molecule has 0 atom stereocenters. The second-order valence-corrected chi connectivity index (χ2v) is 35.8. The third kappa shape index (κ3) is 14.7. The van der Waals surface area contributed by atoms with Gasteiger partial charge in [0.15, 0.2) is 0 Å². The van der Waals surface area contributed by atoms with Gasteiger partial charge in [0.05, 0.1) is 0 Å². The molecule has 584 valence electrons. The fraction of sp³-hybridized carbons (Fsp3) is 0. The van der Waals surface area contributed by atoms with E-state index >= 15 is 0 Å². The van der Waals surface area contributed by atoms with Crippen LogP contribution in [-0.4, -0.2) is 29.9 Å². The van der Waals surface area contributed by atoms with Gasteiger partial charge in [-0.05, 0) is 195 Å². The lowest BCUT2D eigenvalue weighted by Crippen LogP contribution is -1.92. The molecule has 0 radical (unpaired) electrons. The van der Waals surface area contributed by atoms with Crippen LogP contribution in [0.5, 0.6) is 0 Å². The van der Waals surface area contributed by atoms with Crippen LogP contribution in [0.25, 0.3) is 228 Å². The van der Waals surface area contributed by atoms with Crippen LogP contribution >= 0.6 is 68.0 Å². The minimum Gasteiger partial charge on any atom is -0.245 e. The molecule has 18 aromatic carbocycles. The molecule has 24 aromatic rings. The first-order valence-corrected chi connectivity index (χ1v) is 46.2. The summed E-state index contributed by atoms with van der Waals surface area (Å²) < 4.78 is 0. The Morgan fingerprint density at radius 3 is 0.718 bits per heavy atom. The van der Waals surface area contributed by atoms with Crippen LogP contribution in [0, 0.1) is 0 Å². The summed E-state index contributed by atoms with van der Waals surface area (Å²) >= 11 is 10.0. The molecule has 6 nitrogen and oxygen atoms in total. The maximum absolute atomic E-state index is 4.60. The Hall–Kier alpha value is -14.4. The van der Waals surface area contributed by atoms with Gasteiger partial charge in [-0.15, -0.1) is 68.0 Å². The minimum absolute atomic E-state index is 1.03. The Morgan fingerprint density at radius 1 is 0.129 bits per heavy atom. The Labute approximate surface area is 740 Å². The van der Waals surface area contributed by atoms with E-state index in [1.807, 2.05) is 69.5 Å². The van der Waals surface area contributed by atoms with Crippen LogP contribution in [0.2, 0.25) is 0 Å². The SMILES string of the molecule is c1ccc(-c2ccc3c(-c4cccc(-c5nccs5)c4)c4ccccc4c(-c4cccc(-c5nccs5)c4)c3c2)cc1.c1ccc2c(-c3ccc(-c4ccc(-c5nccs5)cc4)c4ccccc34)ccc(-c3ccc(-c4nccs4)cc3)c2c1.c1ccc2c(c1)c1cc(-c3ccc(-c4nccs4)cc3)ccc1c1ccc(-c3ccc(-c4nccs4)cc3)cc21. The summed E-state index contributed by atoms with van der Waals surface area (Å²) in [6.07, 6.45) is 11.2. The average Bonchev–Trinajstić information content (AvgIpc) is 0.957. The highest BCUT2D eigenvalue weighted by Gasteiger charge is 2.22. The molecule has 24 rings (SSSR count). The summed E-state index contributed by atoms with van der Waals surface area (Å²) in [5.41, 5.74) is 26.4. The van der Waals surface area contributed by atoms with Crippen molar-refractivity contribution in [2.45, 2.75) is 0 Å². The Bertz CT molecular complexity index is 7640. The number of fused-ring (bicyclic) bond motifs is 10. The van der Waals surface area contributed by atoms with Crippen LogP contribution in [0.1, 0.15) is 0 Å². The molecule has 0 aliphatic carbocycles. The van der Waals surface area contributed by atoms with Crippen molar-refractivity contribution < 1.29 is 0 Å². The zero-order valence-corrected chi connectivity index (χ0v) is 71.4. The zero-order valence-electron chi connectivity index (χ0n) is 66.5. The highest BCUT2D eigenvalue weighted by molar-refractivity contribution is 7.14. The van der Waals surface area contributed by atoms with E-state index in [1.54, 1.807) is 68.0 Å². The maximum atomic E-state index is 4.60. The smallest absolute Gasteiger partial charge is 0.123 e. The third-order valence-corrected chi connectivity index (χ3v) is 28.2. The summed E-state index contributed by atoms with van der Waals surface area (Å²) in [4.78, 5) is 27.0. The van der Waals surface area contributed by atoms with E-state index in [0.29, 0.717) is 0 Å². The predicted octanol–water partition coefficient (Wildman–Crippen LogP) is 33.2. The molecule has 0 aliphatic heterocycles. The molecular weight excluding hydrogens is 1620 g/mol.